The normalized spacial score (nSPS) is 42.2. The number of carbonyl (C=O) groups excluding carboxylic acids is 1. The summed E-state index contributed by atoms with van der Waals surface area (Å²) in [5.74, 6) is 0.281. The number of carbonyl (C=O) groups is 1. The first-order valence-electron chi connectivity index (χ1n) is 4.57. The molecular weight excluding hydrogens is 157 g/mol. The van der Waals surface area contributed by atoms with Crippen molar-refractivity contribution in [2.45, 2.75) is 37.9 Å². The number of Topliss-reactive ketones (excluding diaryl/α,β-unsaturated/α-hetero) is 1. The maximum absolute atomic E-state index is 13.1. The topological polar surface area (TPSA) is 20.3 Å². The second-order valence-corrected chi connectivity index (χ2v) is 3.98. The van der Waals surface area contributed by atoms with Gasteiger partial charge in [-0.25, -0.2) is 4.39 Å². The third-order valence-corrected chi connectivity index (χ3v) is 3.24. The molecule has 0 unspecified atom stereocenters. The standard InChI is InChI=1S/C9H14FNO/c1-2-9-3-7(10)5-11(9)6-8(12)4-9/h7H,2-6H2,1H3/t7-,9-/m1/s1. The molecule has 0 aromatic rings. The number of ketones is 1. The molecule has 0 spiro atoms. The van der Waals surface area contributed by atoms with Crippen LogP contribution in [-0.4, -0.2) is 35.5 Å². The van der Waals surface area contributed by atoms with Gasteiger partial charge < -0.3 is 0 Å². The molecule has 3 heteroatoms. The third-order valence-electron chi connectivity index (χ3n) is 3.24. The van der Waals surface area contributed by atoms with E-state index in [0.717, 1.165) is 6.42 Å². The Labute approximate surface area is 71.7 Å². The van der Waals surface area contributed by atoms with Crippen molar-refractivity contribution in [1.29, 1.82) is 0 Å². The molecule has 2 aliphatic heterocycles. The summed E-state index contributed by atoms with van der Waals surface area (Å²) in [6.07, 6.45) is 1.33. The zero-order chi connectivity index (χ0) is 8.77. The van der Waals surface area contributed by atoms with Crippen molar-refractivity contribution in [2.75, 3.05) is 13.1 Å². The Morgan fingerprint density at radius 1 is 1.75 bits per heavy atom. The summed E-state index contributed by atoms with van der Waals surface area (Å²) in [7, 11) is 0. The van der Waals surface area contributed by atoms with Crippen molar-refractivity contribution >= 4 is 5.78 Å². The van der Waals surface area contributed by atoms with Crippen LogP contribution in [-0.2, 0) is 4.79 Å². The monoisotopic (exact) mass is 171 g/mol. The zero-order valence-corrected chi connectivity index (χ0v) is 7.35. The van der Waals surface area contributed by atoms with Gasteiger partial charge in [-0.05, 0) is 12.8 Å². The van der Waals surface area contributed by atoms with Crippen LogP contribution in [0.15, 0.2) is 0 Å². The van der Waals surface area contributed by atoms with Crippen molar-refractivity contribution in [3.8, 4) is 0 Å². The fourth-order valence-corrected chi connectivity index (χ4v) is 2.58. The van der Waals surface area contributed by atoms with Crippen molar-refractivity contribution in [2.24, 2.45) is 0 Å². The van der Waals surface area contributed by atoms with Crippen LogP contribution in [0.25, 0.3) is 0 Å². The molecule has 0 bridgehead atoms. The fraction of sp³-hybridized carbons (Fsp3) is 0.889. The van der Waals surface area contributed by atoms with Gasteiger partial charge in [-0.1, -0.05) is 6.92 Å². The number of nitrogens with zero attached hydrogens (tertiary/aromatic N) is 1. The number of hydrogen-bond acceptors (Lipinski definition) is 2. The molecule has 0 radical (unpaired) electrons. The highest BCUT2D eigenvalue weighted by Gasteiger charge is 2.50. The van der Waals surface area contributed by atoms with Crippen LogP contribution in [0.1, 0.15) is 26.2 Å². The molecule has 0 N–H and O–H groups in total. The zero-order valence-electron chi connectivity index (χ0n) is 7.35. The summed E-state index contributed by atoms with van der Waals surface area (Å²) in [4.78, 5) is 13.2. The molecule has 0 aliphatic carbocycles. The lowest BCUT2D eigenvalue weighted by molar-refractivity contribution is -0.117. The SMILES string of the molecule is CC[C@@]12CC(=O)CN1C[C@H](F)C2. The molecule has 2 saturated heterocycles. The summed E-state index contributed by atoms with van der Waals surface area (Å²) >= 11 is 0. The predicted octanol–water partition coefficient (Wildman–Crippen LogP) is 1.15. The Bertz CT molecular complexity index is 219. The molecule has 0 amide bonds. The Balaban J connectivity index is 2.21. The van der Waals surface area contributed by atoms with Gasteiger partial charge >= 0.3 is 0 Å². The second-order valence-electron chi connectivity index (χ2n) is 3.98. The van der Waals surface area contributed by atoms with E-state index < -0.39 is 6.17 Å². The van der Waals surface area contributed by atoms with E-state index in [9.17, 15) is 9.18 Å². The lowest BCUT2D eigenvalue weighted by Crippen LogP contribution is -2.37. The summed E-state index contributed by atoms with van der Waals surface area (Å²) < 4.78 is 13.1. The minimum Gasteiger partial charge on any atom is -0.298 e. The second kappa shape index (κ2) is 2.52. The molecule has 2 rings (SSSR count). The molecule has 2 heterocycles. The molecule has 0 aromatic carbocycles. The van der Waals surface area contributed by atoms with Crippen LogP contribution < -0.4 is 0 Å². The van der Waals surface area contributed by atoms with E-state index in [1.807, 2.05) is 11.8 Å². The van der Waals surface area contributed by atoms with Crippen molar-refractivity contribution in [3.63, 3.8) is 0 Å². The molecule has 0 saturated carbocycles. The van der Waals surface area contributed by atoms with Gasteiger partial charge in [0.25, 0.3) is 0 Å². The molecule has 12 heavy (non-hydrogen) atoms. The van der Waals surface area contributed by atoms with Crippen LogP contribution in [0.5, 0.6) is 0 Å². The van der Waals surface area contributed by atoms with Gasteiger partial charge in [0.2, 0.25) is 0 Å². The first kappa shape index (κ1) is 8.17. The van der Waals surface area contributed by atoms with Gasteiger partial charge in [0, 0.05) is 18.5 Å². The number of rotatable bonds is 1. The van der Waals surface area contributed by atoms with Gasteiger partial charge in [-0.2, -0.15) is 0 Å². The summed E-state index contributed by atoms with van der Waals surface area (Å²) in [5, 5.41) is 0. The summed E-state index contributed by atoms with van der Waals surface area (Å²) in [6, 6.07) is 0. The van der Waals surface area contributed by atoms with Crippen molar-refractivity contribution in [3.05, 3.63) is 0 Å². The van der Waals surface area contributed by atoms with Gasteiger partial charge in [0.15, 0.2) is 0 Å². The fourth-order valence-electron chi connectivity index (χ4n) is 2.58. The maximum atomic E-state index is 13.1. The van der Waals surface area contributed by atoms with E-state index in [2.05, 4.69) is 0 Å². The van der Waals surface area contributed by atoms with Crippen LogP contribution in [0.4, 0.5) is 4.39 Å². The van der Waals surface area contributed by atoms with E-state index in [1.165, 1.54) is 0 Å². The Morgan fingerprint density at radius 2 is 2.50 bits per heavy atom. The quantitative estimate of drug-likeness (QED) is 0.590. The molecule has 0 aromatic heterocycles. The highest BCUT2D eigenvalue weighted by molar-refractivity contribution is 5.84. The molecular formula is C9H14FNO. The Kier molecular flexibility index (Phi) is 1.72. The number of fused-ring (bicyclic) bond motifs is 1. The molecule has 2 fully saturated rings. The maximum Gasteiger partial charge on any atom is 0.148 e. The molecule has 68 valence electrons. The van der Waals surface area contributed by atoms with Crippen molar-refractivity contribution in [1.82, 2.24) is 4.90 Å². The third kappa shape index (κ3) is 0.993. The molecule has 2 atom stereocenters. The Morgan fingerprint density at radius 3 is 3.08 bits per heavy atom. The summed E-state index contributed by atoms with van der Waals surface area (Å²) in [5.41, 5.74) is -0.101. The largest absolute Gasteiger partial charge is 0.298 e. The van der Waals surface area contributed by atoms with Crippen LogP contribution >= 0.6 is 0 Å². The van der Waals surface area contributed by atoms with E-state index in [0.29, 0.717) is 25.9 Å². The van der Waals surface area contributed by atoms with Crippen LogP contribution in [0.2, 0.25) is 0 Å². The van der Waals surface area contributed by atoms with Crippen molar-refractivity contribution < 1.29 is 9.18 Å². The summed E-state index contributed by atoms with van der Waals surface area (Å²) in [6.45, 7) is 3.00. The van der Waals surface area contributed by atoms with Gasteiger partial charge in [-0.15, -0.1) is 0 Å². The van der Waals surface area contributed by atoms with E-state index in [1.54, 1.807) is 0 Å². The minimum absolute atomic E-state index is 0.101. The highest BCUT2D eigenvalue weighted by Crippen LogP contribution is 2.40. The van der Waals surface area contributed by atoms with Gasteiger partial charge in [0.05, 0.1) is 6.54 Å². The van der Waals surface area contributed by atoms with Crippen LogP contribution in [0.3, 0.4) is 0 Å². The lowest BCUT2D eigenvalue weighted by atomic mass is 9.90. The first-order valence-corrected chi connectivity index (χ1v) is 4.57. The molecule has 2 nitrogen and oxygen atoms in total. The van der Waals surface area contributed by atoms with Crippen LogP contribution in [0, 0.1) is 0 Å². The minimum atomic E-state index is -0.710. The average molecular weight is 171 g/mol. The average Bonchev–Trinajstić information content (AvgIpc) is 2.40. The van der Waals surface area contributed by atoms with Gasteiger partial charge in [0.1, 0.15) is 12.0 Å². The Hall–Kier alpha value is -0.440. The number of alkyl halides is 1. The molecule has 2 aliphatic rings. The van der Waals surface area contributed by atoms with E-state index in [-0.39, 0.29) is 11.3 Å². The number of halogens is 1. The van der Waals surface area contributed by atoms with E-state index >= 15 is 0 Å². The lowest BCUT2D eigenvalue weighted by Gasteiger charge is -2.28. The predicted molar refractivity (Wildman–Crippen MR) is 43.7 cm³/mol. The van der Waals surface area contributed by atoms with E-state index in [4.69, 9.17) is 0 Å². The smallest absolute Gasteiger partial charge is 0.148 e. The van der Waals surface area contributed by atoms with Gasteiger partial charge in [-0.3, -0.25) is 9.69 Å². The highest BCUT2D eigenvalue weighted by atomic mass is 19.1. The first-order chi connectivity index (χ1) is 5.66. The number of hydrogen-bond donors (Lipinski definition) is 0.